The van der Waals surface area contributed by atoms with Crippen LogP contribution >= 0.6 is 0 Å². The number of sulfonamides is 1. The maximum absolute atomic E-state index is 11.5. The lowest BCUT2D eigenvalue weighted by atomic mass is 10.0. The quantitative estimate of drug-likeness (QED) is 0.781. The Morgan fingerprint density at radius 1 is 0.957 bits per heavy atom. The summed E-state index contributed by atoms with van der Waals surface area (Å²) < 4.78 is 25.4. The molecule has 1 unspecified atom stereocenters. The Morgan fingerprint density at radius 3 is 2.13 bits per heavy atom. The van der Waals surface area contributed by atoms with E-state index in [2.05, 4.69) is 41.2 Å². The fraction of sp³-hybridized carbons (Fsp3) is 0.333. The van der Waals surface area contributed by atoms with Gasteiger partial charge >= 0.3 is 0 Å². The first-order valence-corrected chi connectivity index (χ1v) is 9.46. The van der Waals surface area contributed by atoms with Crippen molar-refractivity contribution in [2.45, 2.75) is 31.7 Å². The Kier molecular flexibility index (Phi) is 6.33. The van der Waals surface area contributed by atoms with Gasteiger partial charge in [0, 0.05) is 12.6 Å². The molecule has 23 heavy (non-hydrogen) atoms. The molecular weight excluding hydrogens is 308 g/mol. The third kappa shape index (κ3) is 5.46. The van der Waals surface area contributed by atoms with Crippen LogP contribution in [0.1, 0.15) is 36.1 Å². The summed E-state index contributed by atoms with van der Waals surface area (Å²) in [6.07, 6.45) is 1.02. The molecule has 0 saturated heterocycles. The Hall–Kier alpha value is -1.69. The molecular formula is C18H24N2O2S. The van der Waals surface area contributed by atoms with Crippen molar-refractivity contribution in [1.82, 2.24) is 10.0 Å². The van der Waals surface area contributed by atoms with Gasteiger partial charge in [0.15, 0.2) is 0 Å². The molecule has 2 aromatic carbocycles. The second-order valence-electron chi connectivity index (χ2n) is 5.53. The molecule has 0 bridgehead atoms. The molecule has 0 aliphatic heterocycles. The fourth-order valence-corrected chi connectivity index (χ4v) is 3.24. The highest BCUT2D eigenvalue weighted by atomic mass is 32.2. The third-order valence-corrected chi connectivity index (χ3v) is 5.19. The predicted octanol–water partition coefficient (Wildman–Crippen LogP) is 2.98. The molecule has 4 nitrogen and oxygen atoms in total. The molecule has 0 amide bonds. The van der Waals surface area contributed by atoms with E-state index in [4.69, 9.17) is 0 Å². The largest absolute Gasteiger partial charge is 0.306 e. The van der Waals surface area contributed by atoms with Gasteiger partial charge < -0.3 is 5.32 Å². The molecule has 0 aliphatic rings. The number of nitrogens with one attached hydrogen (secondary N) is 2. The van der Waals surface area contributed by atoms with Crippen molar-refractivity contribution >= 4 is 10.0 Å². The van der Waals surface area contributed by atoms with Crippen molar-refractivity contribution < 1.29 is 8.42 Å². The number of benzene rings is 2. The van der Waals surface area contributed by atoms with Gasteiger partial charge in [0.25, 0.3) is 0 Å². The van der Waals surface area contributed by atoms with E-state index < -0.39 is 10.0 Å². The van der Waals surface area contributed by atoms with E-state index in [1.54, 1.807) is 0 Å². The minimum atomic E-state index is -3.22. The molecule has 0 heterocycles. The lowest BCUT2D eigenvalue weighted by molar-refractivity contribution is 0.519. The average molecular weight is 332 g/mol. The van der Waals surface area contributed by atoms with Gasteiger partial charge in [-0.2, -0.15) is 0 Å². The van der Waals surface area contributed by atoms with E-state index in [0.29, 0.717) is 6.04 Å². The van der Waals surface area contributed by atoms with Crippen LogP contribution in [0.15, 0.2) is 54.6 Å². The lowest BCUT2D eigenvalue weighted by Crippen LogP contribution is -2.21. The molecule has 2 N–H and O–H groups in total. The molecule has 0 fully saturated rings. The summed E-state index contributed by atoms with van der Waals surface area (Å²) in [5, 5.41) is 3.55. The zero-order valence-electron chi connectivity index (χ0n) is 13.6. The maximum atomic E-state index is 11.5. The van der Waals surface area contributed by atoms with Gasteiger partial charge in [-0.05, 0) is 30.2 Å². The predicted molar refractivity (Wildman–Crippen MR) is 94.4 cm³/mol. The normalized spacial score (nSPS) is 13.0. The van der Waals surface area contributed by atoms with E-state index in [9.17, 15) is 8.42 Å². The summed E-state index contributed by atoms with van der Waals surface area (Å²) in [5.41, 5.74) is 3.22. The van der Waals surface area contributed by atoms with Gasteiger partial charge in [-0.3, -0.25) is 0 Å². The van der Waals surface area contributed by atoms with Crippen LogP contribution in [0.3, 0.4) is 0 Å². The highest BCUT2D eigenvalue weighted by molar-refractivity contribution is 7.88. The van der Waals surface area contributed by atoms with Crippen LogP contribution in [-0.2, 0) is 22.3 Å². The Morgan fingerprint density at radius 2 is 1.57 bits per heavy atom. The molecule has 0 aliphatic carbocycles. The number of hydrogen-bond acceptors (Lipinski definition) is 3. The van der Waals surface area contributed by atoms with Crippen molar-refractivity contribution in [2.24, 2.45) is 0 Å². The Balaban J connectivity index is 1.96. The van der Waals surface area contributed by atoms with E-state index in [1.807, 2.05) is 30.3 Å². The highest BCUT2D eigenvalue weighted by Crippen LogP contribution is 2.17. The second-order valence-corrected chi connectivity index (χ2v) is 7.46. The minimum absolute atomic E-state index is 0.0127. The van der Waals surface area contributed by atoms with Crippen LogP contribution in [0.25, 0.3) is 0 Å². The summed E-state index contributed by atoms with van der Waals surface area (Å²) in [6, 6.07) is 18.4. The molecule has 5 heteroatoms. The summed E-state index contributed by atoms with van der Waals surface area (Å²) in [7, 11) is -1.78. The van der Waals surface area contributed by atoms with E-state index in [-0.39, 0.29) is 5.75 Å². The second kappa shape index (κ2) is 8.24. The first-order chi connectivity index (χ1) is 11.0. The zero-order valence-corrected chi connectivity index (χ0v) is 14.4. The molecule has 0 saturated carbocycles. The van der Waals surface area contributed by atoms with Crippen LogP contribution in [0.4, 0.5) is 0 Å². The molecule has 2 aromatic rings. The summed E-state index contributed by atoms with van der Waals surface area (Å²) in [5.74, 6) is 0.0127. The van der Waals surface area contributed by atoms with Gasteiger partial charge in [0.05, 0.1) is 5.75 Å². The van der Waals surface area contributed by atoms with Gasteiger partial charge in [0.2, 0.25) is 10.0 Å². The van der Waals surface area contributed by atoms with E-state index >= 15 is 0 Å². The monoisotopic (exact) mass is 332 g/mol. The summed E-state index contributed by atoms with van der Waals surface area (Å²) >= 11 is 0. The third-order valence-electron chi connectivity index (χ3n) is 3.85. The van der Waals surface area contributed by atoms with Crippen molar-refractivity contribution in [3.05, 3.63) is 71.3 Å². The van der Waals surface area contributed by atoms with Crippen LogP contribution in [0.5, 0.6) is 0 Å². The first kappa shape index (κ1) is 17.7. The number of rotatable bonds is 8. The first-order valence-electron chi connectivity index (χ1n) is 7.81. The molecule has 2 rings (SSSR count). The van der Waals surface area contributed by atoms with Crippen LogP contribution in [0, 0.1) is 0 Å². The lowest BCUT2D eigenvalue weighted by Gasteiger charge is -2.17. The van der Waals surface area contributed by atoms with E-state index in [1.165, 1.54) is 12.6 Å². The standard InChI is InChI=1S/C18H24N2O2S/c1-3-18(17-7-5-4-6-8-17)20-13-15-9-11-16(12-10-15)14-23(21,22)19-2/h4-12,18-20H,3,13-14H2,1-2H3. The molecule has 0 radical (unpaired) electrons. The Bertz CT molecular complexity index is 698. The van der Waals surface area contributed by atoms with Crippen molar-refractivity contribution in [1.29, 1.82) is 0 Å². The topological polar surface area (TPSA) is 58.2 Å². The summed E-state index contributed by atoms with van der Waals surface area (Å²) in [4.78, 5) is 0. The average Bonchev–Trinajstić information content (AvgIpc) is 2.57. The van der Waals surface area contributed by atoms with Crippen molar-refractivity contribution in [3.63, 3.8) is 0 Å². The smallest absolute Gasteiger partial charge is 0.215 e. The molecule has 0 aromatic heterocycles. The minimum Gasteiger partial charge on any atom is -0.306 e. The van der Waals surface area contributed by atoms with Gasteiger partial charge in [0.1, 0.15) is 0 Å². The molecule has 124 valence electrons. The van der Waals surface area contributed by atoms with Crippen LogP contribution < -0.4 is 10.0 Å². The maximum Gasteiger partial charge on any atom is 0.215 e. The van der Waals surface area contributed by atoms with E-state index in [0.717, 1.165) is 24.1 Å². The summed E-state index contributed by atoms with van der Waals surface area (Å²) in [6.45, 7) is 2.92. The fourth-order valence-electron chi connectivity index (χ4n) is 2.47. The van der Waals surface area contributed by atoms with Crippen LogP contribution in [-0.4, -0.2) is 15.5 Å². The van der Waals surface area contributed by atoms with Crippen molar-refractivity contribution in [3.8, 4) is 0 Å². The Labute approximate surface area is 139 Å². The van der Waals surface area contributed by atoms with Gasteiger partial charge in [-0.1, -0.05) is 61.5 Å². The number of hydrogen-bond donors (Lipinski definition) is 2. The SMILES string of the molecule is CCC(NCc1ccc(CS(=O)(=O)NC)cc1)c1ccccc1. The van der Waals surface area contributed by atoms with Crippen LogP contribution in [0.2, 0.25) is 0 Å². The van der Waals surface area contributed by atoms with Gasteiger partial charge in [-0.15, -0.1) is 0 Å². The van der Waals surface area contributed by atoms with Gasteiger partial charge in [-0.25, -0.2) is 13.1 Å². The van der Waals surface area contributed by atoms with Crippen molar-refractivity contribution in [2.75, 3.05) is 7.05 Å². The highest BCUT2D eigenvalue weighted by Gasteiger charge is 2.10. The molecule has 1 atom stereocenters. The molecule has 0 spiro atoms. The zero-order chi connectivity index (χ0) is 16.7.